The number of aromatic nitrogens is 1. The molecular formula is C57H38N4O. The zero-order valence-electron chi connectivity index (χ0n) is 33.6. The van der Waals surface area contributed by atoms with Crippen LogP contribution in [0.15, 0.2) is 233 Å². The van der Waals surface area contributed by atoms with Crippen molar-refractivity contribution < 1.29 is 4.42 Å². The Morgan fingerprint density at radius 1 is 0.387 bits per heavy atom. The molecule has 11 aromatic rings. The summed E-state index contributed by atoms with van der Waals surface area (Å²) in [5.74, 6) is 1.42. The first-order chi connectivity index (χ1) is 30.7. The number of amidine groups is 2. The molecular weight excluding hydrogens is 757 g/mol. The summed E-state index contributed by atoms with van der Waals surface area (Å²) in [5.41, 5.74) is 15.0. The Kier molecular flexibility index (Phi) is 8.49. The Morgan fingerprint density at radius 2 is 0.887 bits per heavy atom. The molecule has 9 aromatic carbocycles. The lowest BCUT2D eigenvalue weighted by Gasteiger charge is -2.24. The van der Waals surface area contributed by atoms with Gasteiger partial charge in [-0.05, 0) is 93.5 Å². The molecule has 12 rings (SSSR count). The summed E-state index contributed by atoms with van der Waals surface area (Å²) in [6.07, 6.45) is -0.339. The van der Waals surface area contributed by atoms with E-state index in [0.717, 1.165) is 72.3 Å². The normalized spacial score (nSPS) is 14.0. The third-order valence-corrected chi connectivity index (χ3v) is 12.1. The third kappa shape index (κ3) is 6.27. The second-order valence-corrected chi connectivity index (χ2v) is 15.8. The molecule has 0 saturated carbocycles. The molecule has 1 unspecified atom stereocenters. The summed E-state index contributed by atoms with van der Waals surface area (Å²) in [6.45, 7) is 0. The third-order valence-electron chi connectivity index (χ3n) is 12.1. The van der Waals surface area contributed by atoms with Crippen LogP contribution in [0.5, 0.6) is 0 Å². The number of fused-ring (bicyclic) bond motifs is 6. The maximum Gasteiger partial charge on any atom is 0.159 e. The fourth-order valence-electron chi connectivity index (χ4n) is 8.98. The average molecular weight is 795 g/mol. The number of hydrogen-bond donors (Lipinski definition) is 1. The Labute approximate surface area is 358 Å². The van der Waals surface area contributed by atoms with Crippen LogP contribution in [0, 0.1) is 0 Å². The first-order valence-electron chi connectivity index (χ1n) is 21.0. The highest BCUT2D eigenvalue weighted by Crippen LogP contribution is 2.39. The molecule has 62 heavy (non-hydrogen) atoms. The maximum absolute atomic E-state index is 6.76. The van der Waals surface area contributed by atoms with Crippen molar-refractivity contribution in [2.24, 2.45) is 9.98 Å². The van der Waals surface area contributed by atoms with Crippen molar-refractivity contribution in [1.82, 2.24) is 9.88 Å². The van der Waals surface area contributed by atoms with Crippen molar-refractivity contribution in [3.05, 3.63) is 235 Å². The van der Waals surface area contributed by atoms with E-state index >= 15 is 0 Å². The second kappa shape index (κ2) is 14.8. The number of aliphatic imine (C=N–C) groups is 2. The lowest BCUT2D eigenvalue weighted by atomic mass is 10.0. The minimum absolute atomic E-state index is 0.339. The molecule has 5 heteroatoms. The zero-order chi connectivity index (χ0) is 41.0. The molecule has 0 aliphatic carbocycles. The average Bonchev–Trinajstić information content (AvgIpc) is 3.89. The van der Waals surface area contributed by atoms with E-state index in [-0.39, 0.29) is 6.17 Å². The van der Waals surface area contributed by atoms with Crippen molar-refractivity contribution in [2.45, 2.75) is 6.17 Å². The number of nitrogens with one attached hydrogen (secondary N) is 1. The van der Waals surface area contributed by atoms with Gasteiger partial charge in [-0.25, -0.2) is 9.98 Å². The van der Waals surface area contributed by atoms with Gasteiger partial charge in [0.15, 0.2) is 5.84 Å². The monoisotopic (exact) mass is 794 g/mol. The Hall–Kier alpha value is -8.28. The number of rotatable bonds is 7. The predicted molar refractivity (Wildman–Crippen MR) is 256 cm³/mol. The van der Waals surface area contributed by atoms with Gasteiger partial charge in [0.25, 0.3) is 0 Å². The van der Waals surface area contributed by atoms with Gasteiger partial charge in [-0.3, -0.25) is 0 Å². The van der Waals surface area contributed by atoms with Crippen LogP contribution < -0.4 is 5.32 Å². The van der Waals surface area contributed by atoms with Crippen LogP contribution >= 0.6 is 0 Å². The van der Waals surface area contributed by atoms with Crippen LogP contribution in [-0.4, -0.2) is 16.2 Å². The van der Waals surface area contributed by atoms with Gasteiger partial charge in [-0.15, -0.1) is 0 Å². The second-order valence-electron chi connectivity index (χ2n) is 15.8. The Bertz CT molecular complexity index is 3430. The molecule has 0 amide bonds. The number of nitrogens with zero attached hydrogens (tertiary/aromatic N) is 3. The number of benzene rings is 9. The van der Waals surface area contributed by atoms with E-state index in [0.29, 0.717) is 5.84 Å². The van der Waals surface area contributed by atoms with Crippen molar-refractivity contribution in [3.63, 3.8) is 0 Å². The molecule has 0 spiro atoms. The summed E-state index contributed by atoms with van der Waals surface area (Å²) < 4.78 is 9.13. The Balaban J connectivity index is 0.950. The first kappa shape index (κ1) is 35.6. The van der Waals surface area contributed by atoms with E-state index in [1.54, 1.807) is 0 Å². The van der Waals surface area contributed by atoms with E-state index < -0.39 is 0 Å². The minimum Gasteiger partial charge on any atom is -0.456 e. The van der Waals surface area contributed by atoms with E-state index in [1.165, 1.54) is 33.0 Å². The summed E-state index contributed by atoms with van der Waals surface area (Å²) in [4.78, 5) is 10.2. The van der Waals surface area contributed by atoms with E-state index in [2.05, 4.69) is 204 Å². The van der Waals surface area contributed by atoms with E-state index in [4.69, 9.17) is 14.4 Å². The molecule has 0 saturated heterocycles. The molecule has 3 heterocycles. The number of furan rings is 1. The lowest BCUT2D eigenvalue weighted by molar-refractivity contribution is 0.666. The largest absolute Gasteiger partial charge is 0.456 e. The first-order valence-corrected chi connectivity index (χ1v) is 21.0. The van der Waals surface area contributed by atoms with Crippen LogP contribution in [-0.2, 0) is 0 Å². The van der Waals surface area contributed by atoms with Crippen LogP contribution in [0.2, 0.25) is 0 Å². The van der Waals surface area contributed by atoms with Crippen LogP contribution in [0.4, 0.5) is 0 Å². The van der Waals surface area contributed by atoms with Crippen molar-refractivity contribution in [3.8, 4) is 39.1 Å². The summed E-state index contributed by atoms with van der Waals surface area (Å²) >= 11 is 0. The van der Waals surface area contributed by atoms with Gasteiger partial charge < -0.3 is 14.3 Å². The van der Waals surface area contributed by atoms with Gasteiger partial charge in [0.05, 0.1) is 11.0 Å². The van der Waals surface area contributed by atoms with Gasteiger partial charge in [-0.1, -0.05) is 158 Å². The van der Waals surface area contributed by atoms with E-state index in [1.807, 2.05) is 24.3 Å². The van der Waals surface area contributed by atoms with Crippen LogP contribution in [0.25, 0.3) is 82.8 Å². The molecule has 1 N–H and O–H groups in total. The highest BCUT2D eigenvalue weighted by molar-refractivity contribution is 6.15. The lowest BCUT2D eigenvalue weighted by Crippen LogP contribution is -2.33. The van der Waals surface area contributed by atoms with Gasteiger partial charge in [0.1, 0.15) is 23.2 Å². The maximum atomic E-state index is 6.76. The fraction of sp³-hybridized carbons (Fsp3) is 0.0175. The molecule has 0 bridgehead atoms. The van der Waals surface area contributed by atoms with Crippen molar-refractivity contribution >= 4 is 55.4 Å². The quantitative estimate of drug-likeness (QED) is 0.175. The summed E-state index contributed by atoms with van der Waals surface area (Å²) in [7, 11) is 0. The highest BCUT2D eigenvalue weighted by Gasteiger charge is 2.23. The molecule has 0 radical (unpaired) electrons. The Morgan fingerprint density at radius 3 is 1.48 bits per heavy atom. The van der Waals surface area contributed by atoms with E-state index in [9.17, 15) is 0 Å². The molecule has 5 nitrogen and oxygen atoms in total. The molecule has 1 atom stereocenters. The standard InChI is InChI=1S/C57H38N4O/c1-5-14-37(15-6-1)41-22-13-23-44(32-41)56-58-55(40-20-11-4-12-21-40)59-57(60-56)45-24-28-47-48-29-27-46(36-54(48)62-53(47)35-45)61-51-30-25-42(38-16-7-2-8-17-38)33-49(51)50-34-43(26-31-52(50)61)39-18-9-3-10-19-39/h1-36,56H,(H,58,59,60). The van der Waals surface area contributed by atoms with Gasteiger partial charge >= 0.3 is 0 Å². The molecule has 292 valence electrons. The van der Waals surface area contributed by atoms with Gasteiger partial charge in [0.2, 0.25) is 0 Å². The molecule has 1 aliphatic heterocycles. The summed E-state index contributed by atoms with van der Waals surface area (Å²) in [6, 6.07) is 77.0. The van der Waals surface area contributed by atoms with Crippen LogP contribution in [0.1, 0.15) is 22.9 Å². The van der Waals surface area contributed by atoms with Crippen molar-refractivity contribution in [2.75, 3.05) is 0 Å². The van der Waals surface area contributed by atoms with Crippen molar-refractivity contribution in [1.29, 1.82) is 0 Å². The molecule has 2 aromatic heterocycles. The number of hydrogen-bond acceptors (Lipinski definition) is 4. The zero-order valence-corrected chi connectivity index (χ0v) is 33.6. The van der Waals surface area contributed by atoms with Gasteiger partial charge in [-0.2, -0.15) is 0 Å². The molecule has 0 fully saturated rings. The SMILES string of the molecule is c1ccc(C2=NC(c3cccc(-c4ccccc4)c3)NC(c3ccc4c(c3)oc3cc(-n5c6ccc(-c7ccccc7)cc6c6cc(-c7ccccc7)ccc65)ccc34)=N2)cc1. The summed E-state index contributed by atoms with van der Waals surface area (Å²) in [5, 5.41) is 8.20. The molecule has 1 aliphatic rings. The fourth-order valence-corrected chi connectivity index (χ4v) is 8.98. The predicted octanol–water partition coefficient (Wildman–Crippen LogP) is 14.2. The van der Waals surface area contributed by atoms with Crippen LogP contribution in [0.3, 0.4) is 0 Å². The topological polar surface area (TPSA) is 54.8 Å². The smallest absolute Gasteiger partial charge is 0.159 e. The minimum atomic E-state index is -0.339. The highest BCUT2D eigenvalue weighted by atomic mass is 16.3. The van der Waals surface area contributed by atoms with Gasteiger partial charge in [0, 0.05) is 44.4 Å².